The van der Waals surface area contributed by atoms with Gasteiger partial charge in [-0.15, -0.1) is 0 Å². The molecule has 0 saturated carbocycles. The van der Waals surface area contributed by atoms with Crippen molar-refractivity contribution in [1.82, 2.24) is 0 Å². The van der Waals surface area contributed by atoms with Gasteiger partial charge >= 0.3 is 0 Å². The van der Waals surface area contributed by atoms with E-state index in [1.807, 2.05) is 0 Å². The molecule has 10 aromatic carbocycles. The van der Waals surface area contributed by atoms with E-state index >= 15 is 0 Å². The molecular weight excluding hydrogens is 673 g/mol. The normalized spacial score (nSPS) is 11.6. The van der Waals surface area contributed by atoms with Crippen LogP contribution in [0.5, 0.6) is 0 Å². The van der Waals surface area contributed by atoms with E-state index in [2.05, 4.69) is 218 Å². The largest absolute Gasteiger partial charge is 0.0622 e. The van der Waals surface area contributed by atoms with Crippen LogP contribution in [0.4, 0.5) is 0 Å². The lowest BCUT2D eigenvalue weighted by atomic mass is 9.85. The third kappa shape index (κ3) is 5.38. The Balaban J connectivity index is 1.13. The van der Waals surface area contributed by atoms with Crippen molar-refractivity contribution in [2.45, 2.75) is 0 Å². The molecule has 1 aliphatic carbocycles. The van der Waals surface area contributed by atoms with Crippen molar-refractivity contribution in [2.24, 2.45) is 0 Å². The van der Waals surface area contributed by atoms with Gasteiger partial charge in [-0.1, -0.05) is 194 Å². The van der Waals surface area contributed by atoms with E-state index in [0.29, 0.717) is 0 Å². The van der Waals surface area contributed by atoms with Crippen LogP contribution < -0.4 is 0 Å². The van der Waals surface area contributed by atoms with E-state index in [1.54, 1.807) is 0 Å². The van der Waals surface area contributed by atoms with Gasteiger partial charge in [-0.05, 0) is 135 Å². The van der Waals surface area contributed by atoms with Crippen LogP contribution in [-0.2, 0) is 0 Å². The molecule has 0 N–H and O–H groups in total. The van der Waals surface area contributed by atoms with Crippen LogP contribution in [0.15, 0.2) is 218 Å². The molecule has 0 heteroatoms. The van der Waals surface area contributed by atoms with Crippen LogP contribution in [-0.4, -0.2) is 0 Å². The predicted molar refractivity (Wildman–Crippen MR) is 238 cm³/mol. The predicted octanol–water partition coefficient (Wildman–Crippen LogP) is 15.6. The van der Waals surface area contributed by atoms with Gasteiger partial charge in [0.2, 0.25) is 0 Å². The summed E-state index contributed by atoms with van der Waals surface area (Å²) >= 11 is 0. The number of hydrogen-bond acceptors (Lipinski definition) is 0. The van der Waals surface area contributed by atoms with E-state index in [4.69, 9.17) is 0 Å². The topological polar surface area (TPSA) is 0 Å². The Kier molecular flexibility index (Phi) is 7.60. The van der Waals surface area contributed by atoms with Crippen molar-refractivity contribution >= 4 is 21.5 Å². The fourth-order valence-corrected chi connectivity index (χ4v) is 8.92. The summed E-state index contributed by atoms with van der Waals surface area (Å²) in [5, 5.41) is 5.19. The zero-order valence-electron chi connectivity index (χ0n) is 30.8. The lowest BCUT2D eigenvalue weighted by molar-refractivity contribution is 1.56. The molecule has 0 bridgehead atoms. The maximum absolute atomic E-state index is 2.41. The smallest absolute Gasteiger partial charge is 0.00137 e. The molecule has 0 aromatic heterocycles. The molecule has 0 aliphatic heterocycles. The molecule has 260 valence electrons. The van der Waals surface area contributed by atoms with Crippen molar-refractivity contribution in [2.75, 3.05) is 0 Å². The summed E-state index contributed by atoms with van der Waals surface area (Å²) < 4.78 is 0. The second-order valence-electron chi connectivity index (χ2n) is 14.8. The van der Waals surface area contributed by atoms with Crippen molar-refractivity contribution in [3.63, 3.8) is 0 Å². The average molecular weight is 709 g/mol. The minimum absolute atomic E-state index is 1.20. The second kappa shape index (κ2) is 13.2. The molecule has 0 fully saturated rings. The minimum atomic E-state index is 1.20. The first-order valence-electron chi connectivity index (χ1n) is 19.4. The molecule has 0 radical (unpaired) electrons. The quantitative estimate of drug-likeness (QED) is 0.151. The Labute approximate surface area is 327 Å². The van der Waals surface area contributed by atoms with Gasteiger partial charge in [0, 0.05) is 0 Å². The van der Waals surface area contributed by atoms with Crippen molar-refractivity contribution in [3.05, 3.63) is 218 Å². The van der Waals surface area contributed by atoms with Crippen molar-refractivity contribution < 1.29 is 0 Å². The van der Waals surface area contributed by atoms with Gasteiger partial charge in [0.05, 0.1) is 0 Å². The number of rotatable bonds is 6. The summed E-state index contributed by atoms with van der Waals surface area (Å²) in [6.45, 7) is 0. The lowest BCUT2D eigenvalue weighted by Crippen LogP contribution is -1.91. The van der Waals surface area contributed by atoms with Crippen LogP contribution in [0.2, 0.25) is 0 Å². The molecule has 0 saturated heterocycles. The van der Waals surface area contributed by atoms with E-state index in [9.17, 15) is 0 Å². The molecule has 56 heavy (non-hydrogen) atoms. The first-order valence-corrected chi connectivity index (χ1v) is 19.4. The highest BCUT2D eigenvalue weighted by Gasteiger charge is 2.27. The summed E-state index contributed by atoms with van der Waals surface area (Å²) in [5.74, 6) is 0. The van der Waals surface area contributed by atoms with Gasteiger partial charge in [0.25, 0.3) is 0 Å². The number of fused-ring (bicyclic) bond motifs is 5. The number of benzene rings is 10. The summed E-state index contributed by atoms with van der Waals surface area (Å²) in [7, 11) is 0. The van der Waals surface area contributed by atoms with Crippen LogP contribution in [0.25, 0.3) is 111 Å². The molecule has 0 amide bonds. The fourth-order valence-electron chi connectivity index (χ4n) is 8.92. The Morgan fingerprint density at radius 2 is 0.571 bits per heavy atom. The Bertz CT molecular complexity index is 2960. The van der Waals surface area contributed by atoms with Crippen LogP contribution >= 0.6 is 0 Å². The number of hydrogen-bond donors (Lipinski definition) is 0. The van der Waals surface area contributed by atoms with Crippen LogP contribution in [0.3, 0.4) is 0 Å². The lowest BCUT2D eigenvalue weighted by Gasteiger charge is -2.18. The van der Waals surface area contributed by atoms with Gasteiger partial charge < -0.3 is 0 Å². The maximum atomic E-state index is 2.41. The maximum Gasteiger partial charge on any atom is -0.00137 e. The standard InChI is InChI=1S/C56H36/c1-4-13-37(14-5-1)40-23-27-42(28-24-40)45-33-46(43-29-25-41(26-30-43)38-15-6-2-7-16-38)35-47(34-45)54-48-19-10-11-20-49(48)55-51-32-31-44(39-17-8-3-9-18-39)36-53(51)50-21-12-22-52(54)56(50)55/h1-36H. The van der Waals surface area contributed by atoms with Gasteiger partial charge in [-0.2, -0.15) is 0 Å². The highest BCUT2D eigenvalue weighted by Crippen LogP contribution is 2.54. The summed E-state index contributed by atoms with van der Waals surface area (Å²) in [5.41, 5.74) is 19.9. The summed E-state index contributed by atoms with van der Waals surface area (Å²) in [6, 6.07) is 80.2. The van der Waals surface area contributed by atoms with Gasteiger partial charge in [-0.25, -0.2) is 0 Å². The van der Waals surface area contributed by atoms with E-state index in [1.165, 1.54) is 111 Å². The molecule has 0 nitrogen and oxygen atoms in total. The van der Waals surface area contributed by atoms with E-state index in [-0.39, 0.29) is 0 Å². The molecule has 11 rings (SSSR count). The molecule has 0 heterocycles. The second-order valence-corrected chi connectivity index (χ2v) is 14.8. The highest BCUT2D eigenvalue weighted by molar-refractivity contribution is 6.29. The third-order valence-corrected chi connectivity index (χ3v) is 11.6. The Hall–Kier alpha value is -7.28. The van der Waals surface area contributed by atoms with Crippen LogP contribution in [0.1, 0.15) is 0 Å². The van der Waals surface area contributed by atoms with E-state index in [0.717, 1.165) is 0 Å². The highest BCUT2D eigenvalue weighted by atomic mass is 14.3. The SMILES string of the molecule is c1ccc(-c2ccc(-c3cc(-c4ccc(-c5ccccc5)cc4)cc(-c4c5ccccc5c5c6c(cccc46)-c4cc(-c6ccccc6)ccc4-5)c3)cc2)cc1. The van der Waals surface area contributed by atoms with Gasteiger partial charge in [0.15, 0.2) is 0 Å². The zero-order valence-corrected chi connectivity index (χ0v) is 30.8. The van der Waals surface area contributed by atoms with Crippen molar-refractivity contribution in [1.29, 1.82) is 0 Å². The van der Waals surface area contributed by atoms with E-state index < -0.39 is 0 Å². The molecule has 0 spiro atoms. The minimum Gasteiger partial charge on any atom is -0.0622 e. The summed E-state index contributed by atoms with van der Waals surface area (Å²) in [4.78, 5) is 0. The molecular formula is C56H36. The Morgan fingerprint density at radius 1 is 0.179 bits per heavy atom. The average Bonchev–Trinajstić information content (AvgIpc) is 3.62. The molecule has 0 atom stereocenters. The van der Waals surface area contributed by atoms with Gasteiger partial charge in [-0.3, -0.25) is 0 Å². The summed E-state index contributed by atoms with van der Waals surface area (Å²) in [6.07, 6.45) is 0. The van der Waals surface area contributed by atoms with Crippen LogP contribution in [0, 0.1) is 0 Å². The third-order valence-electron chi connectivity index (χ3n) is 11.6. The van der Waals surface area contributed by atoms with Crippen molar-refractivity contribution in [3.8, 4) is 89.0 Å². The van der Waals surface area contributed by atoms with Gasteiger partial charge in [0.1, 0.15) is 0 Å². The zero-order chi connectivity index (χ0) is 37.0. The first kappa shape index (κ1) is 32.2. The molecule has 0 unspecified atom stereocenters. The molecule has 10 aromatic rings. The monoisotopic (exact) mass is 708 g/mol. The molecule has 1 aliphatic rings. The first-order chi connectivity index (χ1) is 27.8. The fraction of sp³-hybridized carbons (Fsp3) is 0. The Morgan fingerprint density at radius 3 is 1.11 bits per heavy atom.